The molecule has 0 spiro atoms. The summed E-state index contributed by atoms with van der Waals surface area (Å²) in [5.74, 6) is -0.339. The largest absolute Gasteiger partial charge is 0.339 e. The average Bonchev–Trinajstić information content (AvgIpc) is 3.28. The molecule has 1 N–H and O–H groups in total. The molecule has 10 heteroatoms. The second-order valence-corrected chi connectivity index (χ2v) is 10.4. The summed E-state index contributed by atoms with van der Waals surface area (Å²) in [6.45, 7) is 4.66. The first kappa shape index (κ1) is 20.0. The summed E-state index contributed by atoms with van der Waals surface area (Å²) in [5.41, 5.74) is 3.17. The van der Waals surface area contributed by atoms with E-state index in [4.69, 9.17) is 0 Å². The molecular formula is C19H23N5O3S2. The van der Waals surface area contributed by atoms with E-state index in [0.717, 1.165) is 21.3 Å². The van der Waals surface area contributed by atoms with E-state index in [1.807, 2.05) is 19.9 Å². The number of carbonyl (C=O) groups excluding carboxylic acids is 1. The van der Waals surface area contributed by atoms with Crippen LogP contribution in [0.1, 0.15) is 24.0 Å². The second kappa shape index (κ2) is 7.51. The van der Waals surface area contributed by atoms with Crippen LogP contribution in [0.2, 0.25) is 0 Å². The van der Waals surface area contributed by atoms with E-state index >= 15 is 0 Å². The molecule has 2 aromatic heterocycles. The van der Waals surface area contributed by atoms with E-state index in [-0.39, 0.29) is 16.9 Å². The predicted octanol–water partition coefficient (Wildman–Crippen LogP) is 2.69. The fourth-order valence-electron chi connectivity index (χ4n) is 3.65. The number of imidazole rings is 1. The molecule has 0 bridgehead atoms. The van der Waals surface area contributed by atoms with Gasteiger partial charge in [-0.05, 0) is 43.9 Å². The molecule has 0 radical (unpaired) electrons. The first-order chi connectivity index (χ1) is 13.7. The van der Waals surface area contributed by atoms with Crippen molar-refractivity contribution in [1.82, 2.24) is 18.8 Å². The first-order valence-electron chi connectivity index (χ1n) is 9.41. The van der Waals surface area contributed by atoms with Crippen molar-refractivity contribution in [3.8, 4) is 0 Å². The Labute approximate surface area is 173 Å². The zero-order valence-corrected chi connectivity index (χ0v) is 18.2. The highest BCUT2D eigenvalue weighted by Gasteiger charge is 2.33. The van der Waals surface area contributed by atoms with E-state index in [1.165, 1.54) is 28.2 Å². The lowest BCUT2D eigenvalue weighted by atomic mass is 9.97. The highest BCUT2D eigenvalue weighted by Crippen LogP contribution is 2.31. The highest BCUT2D eigenvalue weighted by atomic mass is 32.2. The summed E-state index contributed by atoms with van der Waals surface area (Å²) < 4.78 is 29.4. The molecule has 29 heavy (non-hydrogen) atoms. The molecule has 1 saturated heterocycles. The lowest BCUT2D eigenvalue weighted by molar-refractivity contribution is -0.120. The lowest BCUT2D eigenvalue weighted by Gasteiger charge is -2.29. The number of thiazole rings is 1. The summed E-state index contributed by atoms with van der Waals surface area (Å²) in [6.07, 6.45) is 3.90. The van der Waals surface area contributed by atoms with Crippen molar-refractivity contribution < 1.29 is 13.2 Å². The minimum absolute atomic E-state index is 0.0445. The number of carbonyl (C=O) groups is 1. The number of aryl methyl sites for hydroxylation is 3. The number of nitrogens with one attached hydrogen (secondary N) is 1. The average molecular weight is 434 g/mol. The maximum atomic E-state index is 12.7. The van der Waals surface area contributed by atoms with Gasteiger partial charge in [0, 0.05) is 32.3 Å². The molecule has 1 aliphatic heterocycles. The molecule has 0 atom stereocenters. The van der Waals surface area contributed by atoms with Gasteiger partial charge in [-0.15, -0.1) is 0 Å². The number of anilines is 1. The Hall–Kier alpha value is -2.30. The van der Waals surface area contributed by atoms with Crippen molar-refractivity contribution in [1.29, 1.82) is 0 Å². The van der Waals surface area contributed by atoms with Gasteiger partial charge in [0.2, 0.25) is 5.91 Å². The zero-order valence-electron chi connectivity index (χ0n) is 16.5. The van der Waals surface area contributed by atoms with Crippen LogP contribution < -0.4 is 5.32 Å². The van der Waals surface area contributed by atoms with Crippen LogP contribution in [0.5, 0.6) is 0 Å². The molecule has 8 nitrogen and oxygen atoms in total. The van der Waals surface area contributed by atoms with Crippen molar-refractivity contribution in [2.75, 3.05) is 18.4 Å². The Morgan fingerprint density at radius 3 is 2.62 bits per heavy atom. The van der Waals surface area contributed by atoms with E-state index in [9.17, 15) is 13.2 Å². The Balaban J connectivity index is 1.41. The summed E-state index contributed by atoms with van der Waals surface area (Å²) in [5, 5.41) is 3.55. The molecule has 1 fully saturated rings. The third-order valence-electron chi connectivity index (χ3n) is 5.16. The van der Waals surface area contributed by atoms with Gasteiger partial charge in [0.25, 0.3) is 10.0 Å². The first-order valence-corrected chi connectivity index (χ1v) is 11.7. The number of benzene rings is 1. The van der Waals surface area contributed by atoms with Gasteiger partial charge in [-0.25, -0.2) is 18.4 Å². The van der Waals surface area contributed by atoms with Crippen molar-refractivity contribution >= 4 is 42.6 Å². The van der Waals surface area contributed by atoms with E-state index < -0.39 is 10.0 Å². The van der Waals surface area contributed by atoms with Gasteiger partial charge in [-0.3, -0.25) is 4.79 Å². The summed E-state index contributed by atoms with van der Waals surface area (Å²) >= 11 is 1.47. The number of amides is 1. The zero-order chi connectivity index (χ0) is 20.8. The SMILES string of the molecule is Cc1cc(C)c2sc(NC(=O)C3CCN(S(=O)(=O)c4cn(C)cn4)CC3)nc2c1. The molecular weight excluding hydrogens is 410 g/mol. The van der Waals surface area contributed by atoms with Crippen LogP contribution >= 0.6 is 11.3 Å². The summed E-state index contributed by atoms with van der Waals surface area (Å²) in [6, 6.07) is 4.11. The van der Waals surface area contributed by atoms with Crippen LogP contribution in [-0.4, -0.2) is 46.3 Å². The number of piperidine rings is 1. The van der Waals surface area contributed by atoms with Gasteiger partial charge >= 0.3 is 0 Å². The molecule has 3 heterocycles. The minimum atomic E-state index is -3.62. The van der Waals surface area contributed by atoms with E-state index in [1.54, 1.807) is 11.6 Å². The van der Waals surface area contributed by atoms with Gasteiger partial charge in [0.05, 0.1) is 16.5 Å². The van der Waals surface area contributed by atoms with Crippen LogP contribution in [0.3, 0.4) is 0 Å². The minimum Gasteiger partial charge on any atom is -0.339 e. The van der Waals surface area contributed by atoms with Crippen molar-refractivity contribution in [3.05, 3.63) is 35.8 Å². The molecule has 3 aromatic rings. The van der Waals surface area contributed by atoms with Crippen LogP contribution in [0.4, 0.5) is 5.13 Å². The quantitative estimate of drug-likeness (QED) is 0.682. The fourth-order valence-corrected chi connectivity index (χ4v) is 6.00. The molecule has 1 amide bonds. The standard InChI is InChI=1S/C19H23N5O3S2/c1-12-8-13(2)17-15(9-12)21-19(28-17)22-18(25)14-4-6-24(7-5-14)29(26,27)16-10-23(3)11-20-16/h8-11,14H,4-7H2,1-3H3,(H,21,22,25). The van der Waals surface area contributed by atoms with Crippen LogP contribution in [0.15, 0.2) is 29.7 Å². The topological polar surface area (TPSA) is 97.2 Å². The summed E-state index contributed by atoms with van der Waals surface area (Å²) in [4.78, 5) is 21.2. The van der Waals surface area contributed by atoms with Crippen LogP contribution in [0.25, 0.3) is 10.2 Å². The third kappa shape index (κ3) is 3.92. The number of hydrogen-bond donors (Lipinski definition) is 1. The molecule has 1 aromatic carbocycles. The lowest BCUT2D eigenvalue weighted by Crippen LogP contribution is -2.41. The second-order valence-electron chi connectivity index (χ2n) is 7.49. The number of fused-ring (bicyclic) bond motifs is 1. The Morgan fingerprint density at radius 2 is 1.97 bits per heavy atom. The van der Waals surface area contributed by atoms with Crippen molar-refractivity contribution in [2.45, 2.75) is 31.7 Å². The van der Waals surface area contributed by atoms with Crippen molar-refractivity contribution in [3.63, 3.8) is 0 Å². The van der Waals surface area contributed by atoms with E-state index in [2.05, 4.69) is 21.4 Å². The fraction of sp³-hybridized carbons (Fsp3) is 0.421. The van der Waals surface area contributed by atoms with Gasteiger partial charge in [-0.2, -0.15) is 4.31 Å². The molecule has 4 rings (SSSR count). The van der Waals surface area contributed by atoms with Gasteiger partial charge in [0.15, 0.2) is 10.2 Å². The number of rotatable bonds is 4. The van der Waals surface area contributed by atoms with Crippen LogP contribution in [-0.2, 0) is 21.9 Å². The van der Waals surface area contributed by atoms with Crippen LogP contribution in [0, 0.1) is 19.8 Å². The summed E-state index contributed by atoms with van der Waals surface area (Å²) in [7, 11) is -1.89. The molecule has 0 aliphatic carbocycles. The maximum absolute atomic E-state index is 12.7. The Morgan fingerprint density at radius 1 is 1.24 bits per heavy atom. The predicted molar refractivity (Wildman–Crippen MR) is 112 cm³/mol. The van der Waals surface area contributed by atoms with E-state index in [0.29, 0.717) is 31.1 Å². The van der Waals surface area contributed by atoms with Gasteiger partial charge in [-0.1, -0.05) is 17.4 Å². The number of nitrogens with zero attached hydrogens (tertiary/aromatic N) is 4. The smallest absolute Gasteiger partial charge is 0.262 e. The number of sulfonamides is 1. The normalized spacial score (nSPS) is 16.4. The molecule has 154 valence electrons. The molecule has 0 saturated carbocycles. The Kier molecular flexibility index (Phi) is 5.18. The third-order valence-corrected chi connectivity index (χ3v) is 8.07. The maximum Gasteiger partial charge on any atom is 0.262 e. The van der Waals surface area contributed by atoms with Gasteiger partial charge < -0.3 is 9.88 Å². The Bertz CT molecular complexity index is 1170. The van der Waals surface area contributed by atoms with Crippen molar-refractivity contribution in [2.24, 2.45) is 13.0 Å². The monoisotopic (exact) mass is 433 g/mol. The number of hydrogen-bond acceptors (Lipinski definition) is 6. The molecule has 1 aliphatic rings. The molecule has 0 unspecified atom stereocenters. The number of aromatic nitrogens is 3. The highest BCUT2D eigenvalue weighted by molar-refractivity contribution is 7.89. The van der Waals surface area contributed by atoms with Gasteiger partial charge in [0.1, 0.15) is 0 Å².